The highest BCUT2D eigenvalue weighted by molar-refractivity contribution is 7.26. The zero-order valence-corrected chi connectivity index (χ0v) is 25.3. The molecule has 0 amide bonds. The molecule has 0 atom stereocenters. The van der Waals surface area contributed by atoms with E-state index >= 15 is 0 Å². The fraction of sp³-hybridized carbons (Fsp3) is 0.100. The van der Waals surface area contributed by atoms with Gasteiger partial charge in [0, 0.05) is 31.2 Å². The summed E-state index contributed by atoms with van der Waals surface area (Å²) in [5, 5.41) is 4.83. The second-order valence-corrected chi connectivity index (χ2v) is 13.2. The molecule has 0 radical (unpaired) electrons. The van der Waals surface area contributed by atoms with Gasteiger partial charge in [-0.25, -0.2) is 0 Å². The lowest BCUT2D eigenvalue weighted by molar-refractivity contribution is 0.597. The Labute approximate surface area is 255 Å². The Hall–Kier alpha value is -4.86. The molecule has 208 valence electrons. The molecular weight excluding hydrogens is 543 g/mol. The predicted molar refractivity (Wildman–Crippen MR) is 185 cm³/mol. The van der Waals surface area contributed by atoms with E-state index in [0.717, 1.165) is 33.3 Å². The highest BCUT2D eigenvalue weighted by atomic mass is 32.1. The van der Waals surface area contributed by atoms with Crippen LogP contribution in [0.5, 0.6) is 0 Å². The number of furan rings is 1. The smallest absolute Gasteiger partial charge is 0.137 e. The van der Waals surface area contributed by atoms with Gasteiger partial charge in [-0.2, -0.15) is 0 Å². The maximum absolute atomic E-state index is 6.36. The molecule has 8 rings (SSSR count). The first-order valence-corrected chi connectivity index (χ1v) is 15.6. The van der Waals surface area contributed by atoms with Crippen molar-refractivity contribution in [3.63, 3.8) is 0 Å². The van der Waals surface area contributed by atoms with Gasteiger partial charge in [0.25, 0.3) is 0 Å². The van der Waals surface area contributed by atoms with Crippen molar-refractivity contribution in [2.75, 3.05) is 4.90 Å². The van der Waals surface area contributed by atoms with Gasteiger partial charge in [0.2, 0.25) is 0 Å². The van der Waals surface area contributed by atoms with Gasteiger partial charge < -0.3 is 9.32 Å². The van der Waals surface area contributed by atoms with Crippen LogP contribution in [-0.4, -0.2) is 0 Å². The molecule has 0 aliphatic rings. The molecule has 43 heavy (non-hydrogen) atoms. The molecule has 8 aromatic rings. The van der Waals surface area contributed by atoms with E-state index in [9.17, 15) is 0 Å². The molecule has 0 spiro atoms. The Kier molecular flexibility index (Phi) is 5.92. The van der Waals surface area contributed by atoms with Crippen LogP contribution in [-0.2, 0) is 5.41 Å². The lowest BCUT2D eigenvalue weighted by Crippen LogP contribution is -2.11. The van der Waals surface area contributed by atoms with E-state index in [1.54, 1.807) is 0 Å². The van der Waals surface area contributed by atoms with Crippen LogP contribution < -0.4 is 4.90 Å². The van der Waals surface area contributed by atoms with Gasteiger partial charge in [-0.1, -0.05) is 112 Å². The second-order valence-electron chi connectivity index (χ2n) is 12.2. The summed E-state index contributed by atoms with van der Waals surface area (Å²) in [5.41, 5.74) is 9.02. The van der Waals surface area contributed by atoms with Gasteiger partial charge in [0.05, 0.1) is 16.8 Å². The van der Waals surface area contributed by atoms with Crippen molar-refractivity contribution in [1.29, 1.82) is 0 Å². The SMILES string of the molecule is CC(C)(C)c1cccc2c1sc1cccc(N(c3ccc(-c4ccccc4)cc3)c3cccc4oc5ccccc5c34)c12. The molecule has 0 bridgehead atoms. The lowest BCUT2D eigenvalue weighted by atomic mass is 9.86. The summed E-state index contributed by atoms with van der Waals surface area (Å²) in [5.74, 6) is 0. The molecule has 2 aromatic heterocycles. The topological polar surface area (TPSA) is 16.4 Å². The fourth-order valence-corrected chi connectivity index (χ4v) is 7.84. The number of nitrogens with zero attached hydrogens (tertiary/aromatic N) is 1. The van der Waals surface area contributed by atoms with Crippen LogP contribution in [0.25, 0.3) is 53.2 Å². The first kappa shape index (κ1) is 25.8. The zero-order chi connectivity index (χ0) is 29.1. The van der Waals surface area contributed by atoms with Crippen molar-refractivity contribution < 1.29 is 4.42 Å². The second kappa shape index (κ2) is 9.86. The van der Waals surface area contributed by atoms with Crippen LogP contribution in [0.15, 0.2) is 138 Å². The molecule has 0 N–H and O–H groups in total. The van der Waals surface area contributed by atoms with Crippen molar-refractivity contribution in [2.45, 2.75) is 26.2 Å². The fourth-order valence-electron chi connectivity index (χ4n) is 6.39. The third-order valence-electron chi connectivity index (χ3n) is 8.40. The van der Waals surface area contributed by atoms with Crippen molar-refractivity contribution in [3.8, 4) is 11.1 Å². The van der Waals surface area contributed by atoms with E-state index in [1.807, 2.05) is 17.4 Å². The summed E-state index contributed by atoms with van der Waals surface area (Å²) in [6.07, 6.45) is 0. The highest BCUT2D eigenvalue weighted by Gasteiger charge is 2.24. The van der Waals surface area contributed by atoms with Crippen LogP contribution in [0.4, 0.5) is 17.1 Å². The van der Waals surface area contributed by atoms with Gasteiger partial charge in [0.1, 0.15) is 11.2 Å². The molecule has 0 saturated carbocycles. The van der Waals surface area contributed by atoms with Crippen molar-refractivity contribution >= 4 is 70.5 Å². The summed E-state index contributed by atoms with van der Waals surface area (Å²) in [6, 6.07) is 47.8. The average molecular weight is 574 g/mol. The summed E-state index contributed by atoms with van der Waals surface area (Å²) in [4.78, 5) is 2.43. The van der Waals surface area contributed by atoms with Gasteiger partial charge >= 0.3 is 0 Å². The number of benzene rings is 6. The average Bonchev–Trinajstić information content (AvgIpc) is 3.61. The first-order valence-electron chi connectivity index (χ1n) is 14.8. The van der Waals surface area contributed by atoms with Crippen LogP contribution in [0.2, 0.25) is 0 Å². The van der Waals surface area contributed by atoms with Crippen molar-refractivity contribution in [3.05, 3.63) is 139 Å². The number of hydrogen-bond donors (Lipinski definition) is 0. The number of para-hydroxylation sites is 1. The Balaban J connectivity index is 1.44. The minimum absolute atomic E-state index is 0.0504. The predicted octanol–water partition coefficient (Wildman–Crippen LogP) is 12.4. The van der Waals surface area contributed by atoms with Crippen LogP contribution in [0.1, 0.15) is 26.3 Å². The van der Waals surface area contributed by atoms with Crippen molar-refractivity contribution in [2.24, 2.45) is 0 Å². The van der Waals surface area contributed by atoms with Crippen LogP contribution in [0.3, 0.4) is 0 Å². The van der Waals surface area contributed by atoms with E-state index in [4.69, 9.17) is 4.42 Å². The third-order valence-corrected chi connectivity index (χ3v) is 9.61. The molecule has 2 nitrogen and oxygen atoms in total. The van der Waals surface area contributed by atoms with Crippen LogP contribution >= 0.6 is 11.3 Å². The Morgan fingerprint density at radius 2 is 1.16 bits per heavy atom. The van der Waals surface area contributed by atoms with Gasteiger partial charge in [-0.3, -0.25) is 0 Å². The molecule has 3 heteroatoms. The molecule has 0 aliphatic heterocycles. The monoisotopic (exact) mass is 573 g/mol. The number of fused-ring (bicyclic) bond motifs is 6. The van der Waals surface area contributed by atoms with Gasteiger partial charge in [-0.15, -0.1) is 11.3 Å². The van der Waals surface area contributed by atoms with E-state index < -0.39 is 0 Å². The first-order chi connectivity index (χ1) is 21.0. The minimum Gasteiger partial charge on any atom is -0.456 e. The van der Waals surface area contributed by atoms with E-state index in [2.05, 4.69) is 153 Å². The molecule has 0 unspecified atom stereocenters. The molecule has 2 heterocycles. The number of rotatable bonds is 4. The largest absolute Gasteiger partial charge is 0.456 e. The van der Waals surface area contributed by atoms with Crippen LogP contribution in [0, 0.1) is 0 Å². The van der Waals surface area contributed by atoms with E-state index in [0.29, 0.717) is 0 Å². The van der Waals surface area contributed by atoms with Gasteiger partial charge in [-0.05, 0) is 64.6 Å². The van der Waals surface area contributed by atoms with E-state index in [-0.39, 0.29) is 5.41 Å². The normalized spacial score (nSPS) is 12.1. The maximum Gasteiger partial charge on any atom is 0.137 e. The Morgan fingerprint density at radius 1 is 0.535 bits per heavy atom. The van der Waals surface area contributed by atoms with Crippen molar-refractivity contribution in [1.82, 2.24) is 0 Å². The summed E-state index contributed by atoms with van der Waals surface area (Å²) in [7, 11) is 0. The number of anilines is 3. The highest BCUT2D eigenvalue weighted by Crippen LogP contribution is 2.49. The van der Waals surface area contributed by atoms with Gasteiger partial charge in [0.15, 0.2) is 0 Å². The number of hydrogen-bond acceptors (Lipinski definition) is 3. The quantitative estimate of drug-likeness (QED) is 0.208. The molecule has 6 aromatic carbocycles. The Morgan fingerprint density at radius 3 is 1.95 bits per heavy atom. The summed E-state index contributed by atoms with van der Waals surface area (Å²) >= 11 is 1.90. The minimum atomic E-state index is 0.0504. The maximum atomic E-state index is 6.36. The summed E-state index contributed by atoms with van der Waals surface area (Å²) in [6.45, 7) is 6.91. The lowest BCUT2D eigenvalue weighted by Gasteiger charge is -2.27. The summed E-state index contributed by atoms with van der Waals surface area (Å²) < 4.78 is 9.02. The van der Waals surface area contributed by atoms with E-state index in [1.165, 1.54) is 42.6 Å². The Bertz CT molecular complexity index is 2270. The molecule has 0 fully saturated rings. The third kappa shape index (κ3) is 4.23. The molecule has 0 saturated heterocycles. The number of thiophene rings is 1. The molecular formula is C40H31NOS. The zero-order valence-electron chi connectivity index (χ0n) is 24.5. The standard InChI is InChI=1S/C40H31NOS/c1-40(2,3)31-16-9-15-30-38-33(18-11-21-36(38)43-39(30)31)41(28-24-22-27(23-25-28)26-12-5-4-6-13-26)32-17-10-20-35-37(32)29-14-7-8-19-34(29)42-35/h4-25H,1-3H3. The molecule has 0 aliphatic carbocycles.